The highest BCUT2D eigenvalue weighted by Gasteiger charge is 2.39. The van der Waals surface area contributed by atoms with Crippen LogP contribution in [-0.2, 0) is 16.6 Å². The molecule has 42 heavy (non-hydrogen) atoms. The van der Waals surface area contributed by atoms with Crippen LogP contribution in [0.2, 0.25) is 0 Å². The van der Waals surface area contributed by atoms with Gasteiger partial charge in [0.1, 0.15) is 34.2 Å². The Balaban J connectivity index is 1.44. The quantitative estimate of drug-likeness (QED) is 0.312. The number of ether oxygens (including phenoxy) is 1. The number of hydrogen-bond acceptors (Lipinski definition) is 6. The maximum Gasteiger partial charge on any atom is 0.416 e. The van der Waals surface area contributed by atoms with Crippen molar-refractivity contribution in [3.63, 3.8) is 0 Å². The van der Waals surface area contributed by atoms with Crippen molar-refractivity contribution in [3.05, 3.63) is 77.4 Å². The molecule has 1 unspecified atom stereocenters. The Bertz CT molecular complexity index is 1670. The van der Waals surface area contributed by atoms with E-state index in [1.54, 1.807) is 24.4 Å². The second-order valence-electron chi connectivity index (χ2n) is 11.2. The van der Waals surface area contributed by atoms with Gasteiger partial charge >= 0.3 is 6.18 Å². The van der Waals surface area contributed by atoms with Crippen LogP contribution in [0.4, 0.5) is 19.0 Å². The van der Waals surface area contributed by atoms with Gasteiger partial charge in [-0.1, -0.05) is 18.2 Å². The minimum absolute atomic E-state index is 0.00260. The van der Waals surface area contributed by atoms with E-state index in [1.165, 1.54) is 19.1 Å². The fourth-order valence-corrected chi connectivity index (χ4v) is 6.30. The van der Waals surface area contributed by atoms with Crippen LogP contribution < -0.4 is 10.5 Å². The first-order valence-electron chi connectivity index (χ1n) is 14.1. The molecule has 2 saturated heterocycles. The lowest BCUT2D eigenvalue weighted by Crippen LogP contribution is -2.41. The predicted octanol–water partition coefficient (Wildman–Crippen LogP) is 5.52. The number of halogens is 3. The third-order valence-corrected chi connectivity index (χ3v) is 8.54. The van der Waals surface area contributed by atoms with Gasteiger partial charge in [0.05, 0.1) is 12.2 Å². The number of carbonyl (C=O) groups is 1. The van der Waals surface area contributed by atoms with Gasteiger partial charge in [-0.05, 0) is 68.5 Å². The number of nitrogens with two attached hydrogens (primary N) is 1. The molecule has 3 atom stereocenters. The molecule has 0 aliphatic carbocycles. The summed E-state index contributed by atoms with van der Waals surface area (Å²) in [6.45, 7) is 4.16. The first-order chi connectivity index (χ1) is 20.0. The van der Waals surface area contributed by atoms with E-state index in [0.29, 0.717) is 47.7 Å². The third-order valence-electron chi connectivity index (χ3n) is 8.54. The molecule has 11 heteroatoms. The molecule has 4 heterocycles. The number of rotatable bonds is 6. The fraction of sp³-hybridized carbons (Fsp3) is 0.387. The maximum atomic E-state index is 13.4. The number of piperidine rings is 1. The number of benzene rings is 2. The standard InChI is InChI=1S/C31H32F3N5O3/c1-3-42-24-16-20(30(2,41)19-5-4-6-21(15-19)31(32,33)34)8-11-23(24)26-27-28(35)36-13-14-38(27)29(37-26)18-7-9-22-10-12-25(40)39(22)17-18/h4-6,8,11,13-16,18,22,41H,3,7,9-10,12,17H2,1-2H3,(H2,35,36)/t18-,22+,30?/m1/s1. The predicted molar refractivity (Wildman–Crippen MR) is 151 cm³/mol. The van der Waals surface area contributed by atoms with Crippen molar-refractivity contribution in [2.24, 2.45) is 0 Å². The number of alkyl halides is 3. The van der Waals surface area contributed by atoms with Gasteiger partial charge in [-0.15, -0.1) is 0 Å². The molecule has 3 N–H and O–H groups in total. The number of amides is 1. The van der Waals surface area contributed by atoms with E-state index in [1.807, 2.05) is 22.4 Å². The smallest absolute Gasteiger partial charge is 0.416 e. The Labute approximate surface area is 241 Å². The molecule has 2 aliphatic rings. The van der Waals surface area contributed by atoms with Crippen LogP contribution in [0.5, 0.6) is 5.75 Å². The Hall–Kier alpha value is -4.12. The Morgan fingerprint density at radius 3 is 2.62 bits per heavy atom. The number of aliphatic hydroxyl groups is 1. The second-order valence-corrected chi connectivity index (χ2v) is 11.2. The van der Waals surface area contributed by atoms with Crippen LogP contribution in [0.15, 0.2) is 54.9 Å². The molecule has 6 rings (SSSR count). The summed E-state index contributed by atoms with van der Waals surface area (Å²) in [7, 11) is 0. The molecule has 2 aromatic heterocycles. The van der Waals surface area contributed by atoms with E-state index in [9.17, 15) is 23.1 Å². The number of nitrogens with zero attached hydrogens (tertiary/aromatic N) is 4. The average molecular weight is 580 g/mol. The van der Waals surface area contributed by atoms with Crippen molar-refractivity contribution in [1.82, 2.24) is 19.3 Å². The molecule has 8 nitrogen and oxygen atoms in total. The van der Waals surface area contributed by atoms with Crippen molar-refractivity contribution in [2.75, 3.05) is 18.9 Å². The number of imidazole rings is 1. The highest BCUT2D eigenvalue weighted by molar-refractivity contribution is 5.88. The minimum Gasteiger partial charge on any atom is -0.493 e. The van der Waals surface area contributed by atoms with Crippen molar-refractivity contribution in [2.45, 2.75) is 63.3 Å². The van der Waals surface area contributed by atoms with Crippen molar-refractivity contribution in [1.29, 1.82) is 0 Å². The molecule has 0 saturated carbocycles. The molecule has 0 bridgehead atoms. The molecular formula is C31H32F3N5O3. The van der Waals surface area contributed by atoms with Gasteiger partial charge in [0.25, 0.3) is 0 Å². The van der Waals surface area contributed by atoms with Crippen molar-refractivity contribution >= 4 is 17.2 Å². The van der Waals surface area contributed by atoms with Gasteiger partial charge in [0, 0.05) is 42.9 Å². The molecule has 0 spiro atoms. The fourth-order valence-electron chi connectivity index (χ4n) is 6.30. The van der Waals surface area contributed by atoms with Crippen molar-refractivity contribution < 1.29 is 27.8 Å². The maximum absolute atomic E-state index is 13.4. The summed E-state index contributed by atoms with van der Waals surface area (Å²) in [6.07, 6.45) is 2.14. The van der Waals surface area contributed by atoms with Crippen LogP contribution in [0.1, 0.15) is 68.0 Å². The Kier molecular flexibility index (Phi) is 6.87. The molecule has 0 radical (unpaired) electrons. The van der Waals surface area contributed by atoms with Crippen molar-refractivity contribution in [3.8, 4) is 17.0 Å². The van der Waals surface area contributed by atoms with Gasteiger partial charge in [-0.3, -0.25) is 9.20 Å². The molecule has 4 aromatic rings. The van der Waals surface area contributed by atoms with Gasteiger partial charge in [0.2, 0.25) is 5.91 Å². The van der Waals surface area contributed by atoms with E-state index >= 15 is 0 Å². The number of carbonyl (C=O) groups excluding carboxylic acids is 1. The van der Waals surface area contributed by atoms with E-state index in [4.69, 9.17) is 15.5 Å². The third kappa shape index (κ3) is 4.75. The van der Waals surface area contributed by atoms with Crippen LogP contribution in [0.25, 0.3) is 16.8 Å². The van der Waals surface area contributed by atoms with Gasteiger partial charge in [-0.25, -0.2) is 9.97 Å². The number of fused-ring (bicyclic) bond motifs is 2. The monoisotopic (exact) mass is 579 g/mol. The van der Waals surface area contributed by atoms with E-state index in [-0.39, 0.29) is 29.2 Å². The average Bonchev–Trinajstić information content (AvgIpc) is 3.54. The summed E-state index contributed by atoms with van der Waals surface area (Å²) in [6, 6.07) is 9.98. The zero-order chi connectivity index (χ0) is 29.8. The van der Waals surface area contributed by atoms with Crippen LogP contribution in [-0.4, -0.2) is 49.5 Å². The largest absolute Gasteiger partial charge is 0.493 e. The summed E-state index contributed by atoms with van der Waals surface area (Å²) in [5.74, 6) is 1.63. The van der Waals surface area contributed by atoms with Gasteiger partial charge < -0.3 is 20.5 Å². The Morgan fingerprint density at radius 2 is 1.86 bits per heavy atom. The summed E-state index contributed by atoms with van der Waals surface area (Å²) >= 11 is 0. The Morgan fingerprint density at radius 1 is 1.10 bits per heavy atom. The highest BCUT2D eigenvalue weighted by Crippen LogP contribution is 2.42. The summed E-state index contributed by atoms with van der Waals surface area (Å²) in [5, 5.41) is 11.5. The number of hydrogen-bond donors (Lipinski definition) is 2. The van der Waals surface area contributed by atoms with E-state index < -0.39 is 17.3 Å². The number of aromatic nitrogens is 3. The summed E-state index contributed by atoms with van der Waals surface area (Å²) in [5.41, 5.74) is 6.00. The molecule has 2 fully saturated rings. The zero-order valence-electron chi connectivity index (χ0n) is 23.4. The molecular weight excluding hydrogens is 547 g/mol. The minimum atomic E-state index is -4.54. The van der Waals surface area contributed by atoms with E-state index in [0.717, 1.165) is 37.2 Å². The molecule has 2 aromatic carbocycles. The zero-order valence-corrected chi connectivity index (χ0v) is 23.4. The second kappa shape index (κ2) is 10.3. The highest BCUT2D eigenvalue weighted by atomic mass is 19.4. The van der Waals surface area contributed by atoms with E-state index in [2.05, 4.69) is 4.98 Å². The first kappa shape index (κ1) is 28.0. The summed E-state index contributed by atoms with van der Waals surface area (Å²) in [4.78, 5) is 23.8. The van der Waals surface area contributed by atoms with Crippen LogP contribution >= 0.6 is 0 Å². The number of nitrogen functional groups attached to an aromatic ring is 1. The van der Waals surface area contributed by atoms with Crippen LogP contribution in [0.3, 0.4) is 0 Å². The summed E-state index contributed by atoms with van der Waals surface area (Å²) < 4.78 is 48.1. The SMILES string of the molecule is CCOc1cc(C(C)(O)c2cccc(C(F)(F)F)c2)ccc1-c1nc([C@@H]2CC[C@H]3CCC(=O)N3C2)n2ccnc(N)c12. The lowest BCUT2D eigenvalue weighted by atomic mass is 9.86. The molecule has 220 valence electrons. The lowest BCUT2D eigenvalue weighted by molar-refractivity contribution is -0.137. The normalized spacial score (nSPS) is 20.5. The topological polar surface area (TPSA) is 106 Å². The number of anilines is 1. The first-order valence-corrected chi connectivity index (χ1v) is 14.1. The lowest BCUT2D eigenvalue weighted by Gasteiger charge is -2.34. The van der Waals surface area contributed by atoms with Gasteiger partial charge in [-0.2, -0.15) is 13.2 Å². The molecule has 1 amide bonds. The molecule has 2 aliphatic heterocycles. The van der Waals surface area contributed by atoms with Crippen LogP contribution in [0, 0.1) is 0 Å². The van der Waals surface area contributed by atoms with Gasteiger partial charge in [0.15, 0.2) is 0 Å².